The molecule has 0 unspecified atom stereocenters. The van der Waals surface area contributed by atoms with Crippen molar-refractivity contribution in [3.05, 3.63) is 83.1 Å². The number of aliphatic imine (C=N–C) groups is 1. The van der Waals surface area contributed by atoms with Crippen molar-refractivity contribution >= 4 is 23.9 Å². The molecule has 0 radical (unpaired) electrons. The molecule has 1 aliphatic rings. The zero-order valence-corrected chi connectivity index (χ0v) is 20.1. The summed E-state index contributed by atoms with van der Waals surface area (Å²) in [6.07, 6.45) is 1.49. The van der Waals surface area contributed by atoms with Crippen molar-refractivity contribution in [2.75, 3.05) is 28.4 Å². The van der Waals surface area contributed by atoms with Crippen molar-refractivity contribution in [3.8, 4) is 28.7 Å². The number of esters is 2. The maximum Gasteiger partial charge on any atom is 0.363 e. The number of benzene rings is 3. The molecule has 1 aliphatic heterocycles. The molecule has 0 spiro atoms. The van der Waals surface area contributed by atoms with Crippen LogP contribution in [0.1, 0.15) is 21.5 Å². The second kappa shape index (κ2) is 10.6. The predicted octanol–water partition coefficient (Wildman–Crippen LogP) is 4.28. The second-order valence-corrected chi connectivity index (χ2v) is 7.41. The average Bonchev–Trinajstić information content (AvgIpc) is 3.28. The van der Waals surface area contributed by atoms with Gasteiger partial charge in [-0.3, -0.25) is 0 Å². The third-order valence-electron chi connectivity index (χ3n) is 5.27. The Bertz CT molecular complexity index is 1330. The highest BCUT2D eigenvalue weighted by molar-refractivity contribution is 6.13. The average molecular weight is 489 g/mol. The van der Waals surface area contributed by atoms with Gasteiger partial charge in [0, 0.05) is 11.1 Å². The molecular weight excluding hydrogens is 466 g/mol. The van der Waals surface area contributed by atoms with E-state index in [1.54, 1.807) is 67.8 Å². The number of carbonyl (C=O) groups excluding carboxylic acids is 2. The Balaban J connectivity index is 1.63. The van der Waals surface area contributed by atoms with E-state index in [0.717, 1.165) is 0 Å². The number of methoxy groups -OCH3 is 4. The molecule has 0 saturated heterocycles. The van der Waals surface area contributed by atoms with Crippen molar-refractivity contribution in [2.45, 2.75) is 0 Å². The molecule has 0 atom stereocenters. The highest BCUT2D eigenvalue weighted by atomic mass is 16.6. The van der Waals surface area contributed by atoms with Gasteiger partial charge in [0.2, 0.25) is 11.6 Å². The SMILES string of the molecule is COc1ccc(C(=O)Oc2ccccc2/C=C2\N=C(c3cc(OC)c(OC)c(OC)c3)OC2=O)cc1. The molecule has 3 aromatic rings. The molecule has 0 saturated carbocycles. The van der Waals surface area contributed by atoms with E-state index in [4.69, 9.17) is 28.4 Å². The van der Waals surface area contributed by atoms with Gasteiger partial charge < -0.3 is 28.4 Å². The first-order valence-corrected chi connectivity index (χ1v) is 10.8. The van der Waals surface area contributed by atoms with E-state index in [1.807, 2.05) is 0 Å². The van der Waals surface area contributed by atoms with Crippen LogP contribution >= 0.6 is 0 Å². The van der Waals surface area contributed by atoms with Gasteiger partial charge >= 0.3 is 11.9 Å². The fourth-order valence-corrected chi connectivity index (χ4v) is 3.46. The summed E-state index contributed by atoms with van der Waals surface area (Å²) >= 11 is 0. The monoisotopic (exact) mass is 489 g/mol. The lowest BCUT2D eigenvalue weighted by Crippen LogP contribution is -2.09. The highest BCUT2D eigenvalue weighted by Crippen LogP contribution is 2.39. The standard InChI is InChI=1S/C27H23NO8/c1-31-19-11-9-16(10-12-19)26(29)35-21-8-6-5-7-17(21)13-20-27(30)36-25(28-20)18-14-22(32-2)24(34-4)23(15-18)33-3/h5-15H,1-4H3/b20-13-. The van der Waals surface area contributed by atoms with Crippen LogP contribution in [-0.2, 0) is 9.53 Å². The van der Waals surface area contributed by atoms with Crippen LogP contribution in [0, 0.1) is 0 Å². The number of carbonyl (C=O) groups is 2. The highest BCUT2D eigenvalue weighted by Gasteiger charge is 2.27. The fourth-order valence-electron chi connectivity index (χ4n) is 3.46. The molecule has 1 heterocycles. The maximum atomic E-state index is 12.6. The topological polar surface area (TPSA) is 102 Å². The molecule has 4 rings (SSSR count). The summed E-state index contributed by atoms with van der Waals surface area (Å²) in [5.41, 5.74) is 1.31. The molecule has 0 amide bonds. The smallest absolute Gasteiger partial charge is 0.363 e. The Morgan fingerprint density at radius 1 is 0.833 bits per heavy atom. The number of hydrogen-bond donors (Lipinski definition) is 0. The second-order valence-electron chi connectivity index (χ2n) is 7.41. The van der Waals surface area contributed by atoms with Crippen molar-refractivity contribution in [2.24, 2.45) is 4.99 Å². The van der Waals surface area contributed by atoms with Gasteiger partial charge in [-0.1, -0.05) is 18.2 Å². The van der Waals surface area contributed by atoms with Crippen molar-refractivity contribution in [1.82, 2.24) is 0 Å². The minimum absolute atomic E-state index is 0.0340. The van der Waals surface area contributed by atoms with E-state index in [2.05, 4.69) is 4.99 Å². The first-order chi connectivity index (χ1) is 17.5. The van der Waals surface area contributed by atoms with E-state index < -0.39 is 11.9 Å². The Hall–Kier alpha value is -4.79. The third-order valence-corrected chi connectivity index (χ3v) is 5.27. The molecule has 9 heteroatoms. The molecule has 9 nitrogen and oxygen atoms in total. The molecule has 36 heavy (non-hydrogen) atoms. The molecular formula is C27H23NO8. The van der Waals surface area contributed by atoms with E-state index in [-0.39, 0.29) is 17.3 Å². The fraction of sp³-hybridized carbons (Fsp3) is 0.148. The number of rotatable bonds is 8. The maximum absolute atomic E-state index is 12.6. The van der Waals surface area contributed by atoms with Crippen LogP contribution in [0.15, 0.2) is 71.4 Å². The zero-order valence-electron chi connectivity index (χ0n) is 20.1. The number of para-hydroxylation sites is 1. The lowest BCUT2D eigenvalue weighted by molar-refractivity contribution is -0.129. The summed E-state index contributed by atoms with van der Waals surface area (Å²) in [5.74, 6) is 0.911. The molecule has 0 N–H and O–H groups in total. The van der Waals surface area contributed by atoms with Gasteiger partial charge in [0.05, 0.1) is 34.0 Å². The van der Waals surface area contributed by atoms with Crippen molar-refractivity contribution in [1.29, 1.82) is 0 Å². The van der Waals surface area contributed by atoms with E-state index in [9.17, 15) is 9.59 Å². The van der Waals surface area contributed by atoms with Crippen LogP contribution in [0.3, 0.4) is 0 Å². The number of hydrogen-bond acceptors (Lipinski definition) is 9. The molecule has 0 aromatic heterocycles. The number of ether oxygens (including phenoxy) is 6. The summed E-state index contributed by atoms with van der Waals surface area (Å²) in [5, 5.41) is 0. The Kier molecular flexibility index (Phi) is 7.20. The van der Waals surface area contributed by atoms with Gasteiger partial charge in [-0.05, 0) is 48.5 Å². The summed E-state index contributed by atoms with van der Waals surface area (Å²) in [6, 6.07) is 16.6. The molecule has 3 aromatic carbocycles. The zero-order chi connectivity index (χ0) is 25.7. The van der Waals surface area contributed by atoms with Crippen LogP contribution < -0.4 is 23.7 Å². The van der Waals surface area contributed by atoms with Crippen LogP contribution in [0.5, 0.6) is 28.7 Å². The van der Waals surface area contributed by atoms with E-state index in [1.165, 1.54) is 27.4 Å². The Morgan fingerprint density at radius 3 is 2.11 bits per heavy atom. The lowest BCUT2D eigenvalue weighted by atomic mass is 10.1. The summed E-state index contributed by atoms with van der Waals surface area (Å²) in [4.78, 5) is 29.6. The summed E-state index contributed by atoms with van der Waals surface area (Å²) in [7, 11) is 6.01. The van der Waals surface area contributed by atoms with Crippen LogP contribution in [0.25, 0.3) is 6.08 Å². The quantitative estimate of drug-likeness (QED) is 0.262. The third kappa shape index (κ3) is 5.00. The van der Waals surface area contributed by atoms with Gasteiger partial charge in [0.15, 0.2) is 17.2 Å². The molecule has 184 valence electrons. The molecule has 0 fully saturated rings. The molecule has 0 aliphatic carbocycles. The van der Waals surface area contributed by atoms with Crippen LogP contribution in [-0.4, -0.2) is 46.3 Å². The first kappa shape index (κ1) is 24.3. The largest absolute Gasteiger partial charge is 0.497 e. The summed E-state index contributed by atoms with van der Waals surface area (Å²) < 4.78 is 32.1. The number of cyclic esters (lactones) is 1. The van der Waals surface area contributed by atoms with Crippen LogP contribution in [0.2, 0.25) is 0 Å². The summed E-state index contributed by atoms with van der Waals surface area (Å²) in [6.45, 7) is 0. The number of nitrogens with zero attached hydrogens (tertiary/aromatic N) is 1. The lowest BCUT2D eigenvalue weighted by Gasteiger charge is -2.13. The van der Waals surface area contributed by atoms with Crippen molar-refractivity contribution < 1.29 is 38.0 Å². The van der Waals surface area contributed by atoms with Gasteiger partial charge in [0.1, 0.15) is 11.5 Å². The Labute approximate surface area is 207 Å². The first-order valence-electron chi connectivity index (χ1n) is 10.8. The predicted molar refractivity (Wildman–Crippen MR) is 131 cm³/mol. The minimum atomic E-state index is -0.657. The van der Waals surface area contributed by atoms with Gasteiger partial charge in [-0.15, -0.1) is 0 Å². The minimum Gasteiger partial charge on any atom is -0.497 e. The van der Waals surface area contributed by atoms with E-state index >= 15 is 0 Å². The van der Waals surface area contributed by atoms with Gasteiger partial charge in [-0.2, -0.15) is 0 Å². The van der Waals surface area contributed by atoms with Gasteiger partial charge in [0.25, 0.3) is 0 Å². The van der Waals surface area contributed by atoms with Gasteiger partial charge in [-0.25, -0.2) is 14.6 Å². The van der Waals surface area contributed by atoms with Crippen LogP contribution in [0.4, 0.5) is 0 Å². The normalized spacial score (nSPS) is 13.6. The van der Waals surface area contributed by atoms with Crippen molar-refractivity contribution in [3.63, 3.8) is 0 Å². The Morgan fingerprint density at radius 2 is 1.50 bits per heavy atom. The molecule has 0 bridgehead atoms. The van der Waals surface area contributed by atoms with E-state index in [0.29, 0.717) is 39.7 Å².